The summed E-state index contributed by atoms with van der Waals surface area (Å²) in [5, 5.41) is 1.95. The predicted octanol–water partition coefficient (Wildman–Crippen LogP) is 5.47. The third kappa shape index (κ3) is 9.28. The summed E-state index contributed by atoms with van der Waals surface area (Å²) in [7, 11) is 0. The van der Waals surface area contributed by atoms with Gasteiger partial charge in [-0.25, -0.2) is 8.78 Å². The maximum Gasteiger partial charge on any atom is 0.416 e. The average Bonchev–Trinajstić information content (AvgIpc) is 2.92. The number of nitrogens with zero attached hydrogens (tertiary/aromatic N) is 1. The second-order valence-electron chi connectivity index (χ2n) is 10.0. The molecule has 1 aromatic heterocycles. The standard InChI is InChI=1S/C27H23F7N2O6.C2H6/c1-26(2,3)42-21(39)10-18(19(37)12-41-24-22(30)16(28)9-17(29)23(24)31)35-20(38)11-36-7-6-13-4-5-14(27(32,33)34)8-15(13)25(36)40;1-2/h4-9,18H,10-12H2,1-3H3,(H,35,38);1-2H3. The van der Waals surface area contributed by atoms with E-state index < -0.39 is 95.2 Å². The van der Waals surface area contributed by atoms with Crippen molar-refractivity contribution in [2.75, 3.05) is 6.61 Å². The molecule has 8 nitrogen and oxygen atoms in total. The lowest BCUT2D eigenvalue weighted by atomic mass is 10.1. The van der Waals surface area contributed by atoms with Crippen molar-refractivity contribution in [3.05, 3.63) is 75.7 Å². The number of carbonyl (C=O) groups excluding carboxylic acids is 3. The number of fused-ring (bicyclic) bond motifs is 1. The Hall–Kier alpha value is -4.43. The Balaban J connectivity index is 0.00000330. The Labute approximate surface area is 246 Å². The molecule has 0 aliphatic rings. The minimum Gasteiger partial charge on any atom is -0.479 e. The van der Waals surface area contributed by atoms with E-state index in [1.54, 1.807) is 0 Å². The largest absolute Gasteiger partial charge is 0.479 e. The molecule has 1 unspecified atom stereocenters. The first-order chi connectivity index (χ1) is 20.4. The summed E-state index contributed by atoms with van der Waals surface area (Å²) < 4.78 is 105. The maximum atomic E-state index is 13.9. The zero-order chi connectivity index (χ0) is 33.6. The number of nitrogens with one attached hydrogen (secondary N) is 1. The molecule has 0 bridgehead atoms. The molecule has 240 valence electrons. The smallest absolute Gasteiger partial charge is 0.416 e. The summed E-state index contributed by atoms with van der Waals surface area (Å²) in [6.45, 7) is 6.43. The molecule has 44 heavy (non-hydrogen) atoms. The number of benzene rings is 2. The molecule has 0 fully saturated rings. The molecule has 15 heteroatoms. The Morgan fingerprint density at radius 1 is 0.932 bits per heavy atom. The first-order valence-electron chi connectivity index (χ1n) is 13.1. The van der Waals surface area contributed by atoms with Crippen LogP contribution in [0.15, 0.2) is 41.3 Å². The number of amides is 1. The molecular weight excluding hydrogens is 605 g/mol. The lowest BCUT2D eigenvalue weighted by Crippen LogP contribution is -2.46. The van der Waals surface area contributed by atoms with Gasteiger partial charge < -0.3 is 19.4 Å². The molecular formula is C29H29F7N2O6. The number of halogens is 7. The lowest BCUT2D eigenvalue weighted by molar-refractivity contribution is -0.156. The van der Waals surface area contributed by atoms with Crippen molar-refractivity contribution in [2.24, 2.45) is 0 Å². The zero-order valence-corrected chi connectivity index (χ0v) is 24.2. The van der Waals surface area contributed by atoms with Gasteiger partial charge in [0.1, 0.15) is 24.8 Å². The topological polar surface area (TPSA) is 104 Å². The lowest BCUT2D eigenvalue weighted by Gasteiger charge is -2.22. The molecule has 2 aromatic carbocycles. The van der Waals surface area contributed by atoms with Gasteiger partial charge in [0.15, 0.2) is 23.2 Å². The Morgan fingerprint density at radius 2 is 1.52 bits per heavy atom. The number of ketones is 1. The number of Topliss-reactive ketones (excluding diaryl/α,β-unsaturated/α-hetero) is 1. The van der Waals surface area contributed by atoms with Gasteiger partial charge in [-0.15, -0.1) is 0 Å². The van der Waals surface area contributed by atoms with Crippen molar-refractivity contribution in [2.45, 2.75) is 65.4 Å². The van der Waals surface area contributed by atoms with E-state index in [1.165, 1.54) is 26.8 Å². The second-order valence-corrected chi connectivity index (χ2v) is 10.0. The van der Waals surface area contributed by atoms with Gasteiger partial charge in [-0.3, -0.25) is 19.2 Å². The van der Waals surface area contributed by atoms with E-state index >= 15 is 0 Å². The van der Waals surface area contributed by atoms with E-state index in [0.717, 1.165) is 22.9 Å². The summed E-state index contributed by atoms with van der Waals surface area (Å²) in [5.41, 5.74) is -3.08. The molecule has 1 atom stereocenters. The third-order valence-corrected chi connectivity index (χ3v) is 5.56. The summed E-state index contributed by atoms with van der Waals surface area (Å²) >= 11 is 0. The molecule has 3 aromatic rings. The SMILES string of the molecule is CC.CC(C)(C)OC(=O)CC(NC(=O)Cn1ccc2ccc(C(F)(F)F)cc2c1=O)C(=O)COc1c(F)c(F)cc(F)c1F. The number of ether oxygens (including phenoxy) is 2. The molecule has 0 spiro atoms. The van der Waals surface area contributed by atoms with Crippen LogP contribution in [0, 0.1) is 23.3 Å². The van der Waals surface area contributed by atoms with Crippen LogP contribution in [0.4, 0.5) is 30.7 Å². The van der Waals surface area contributed by atoms with Crippen LogP contribution in [0.3, 0.4) is 0 Å². The number of hydrogen-bond acceptors (Lipinski definition) is 6. The van der Waals surface area contributed by atoms with E-state index in [9.17, 15) is 49.9 Å². The van der Waals surface area contributed by atoms with Crippen molar-refractivity contribution >= 4 is 28.4 Å². The number of esters is 1. The normalized spacial score (nSPS) is 12.2. The highest BCUT2D eigenvalue weighted by molar-refractivity contribution is 5.93. The molecule has 0 saturated carbocycles. The monoisotopic (exact) mass is 634 g/mol. The molecule has 0 saturated heterocycles. The van der Waals surface area contributed by atoms with Gasteiger partial charge in [0.05, 0.1) is 12.0 Å². The van der Waals surface area contributed by atoms with Crippen molar-refractivity contribution in [1.29, 1.82) is 0 Å². The number of pyridine rings is 1. The Kier molecular flexibility index (Phi) is 11.7. The van der Waals surface area contributed by atoms with Gasteiger partial charge in [0.25, 0.3) is 5.56 Å². The van der Waals surface area contributed by atoms with Crippen molar-refractivity contribution in [3.63, 3.8) is 0 Å². The highest BCUT2D eigenvalue weighted by Crippen LogP contribution is 2.30. The van der Waals surface area contributed by atoms with Crippen LogP contribution < -0.4 is 15.6 Å². The van der Waals surface area contributed by atoms with Crippen LogP contribution in [0.25, 0.3) is 10.8 Å². The zero-order valence-electron chi connectivity index (χ0n) is 24.2. The molecule has 1 N–H and O–H groups in total. The molecule has 0 aliphatic carbocycles. The van der Waals surface area contributed by atoms with Gasteiger partial charge in [-0.1, -0.05) is 19.9 Å². The van der Waals surface area contributed by atoms with E-state index in [1.807, 2.05) is 13.8 Å². The number of alkyl halides is 3. The summed E-state index contributed by atoms with van der Waals surface area (Å²) in [4.78, 5) is 50.7. The summed E-state index contributed by atoms with van der Waals surface area (Å²) in [6.07, 6.45) is -4.44. The number of rotatable bonds is 9. The summed E-state index contributed by atoms with van der Waals surface area (Å²) in [5.74, 6) is -12.3. The fourth-order valence-electron chi connectivity index (χ4n) is 3.69. The minimum atomic E-state index is -4.74. The second kappa shape index (κ2) is 14.4. The molecule has 0 aliphatic heterocycles. The highest BCUT2D eigenvalue weighted by Gasteiger charge is 2.31. The van der Waals surface area contributed by atoms with Crippen molar-refractivity contribution in [3.8, 4) is 5.75 Å². The van der Waals surface area contributed by atoms with Gasteiger partial charge in [-0.05, 0) is 44.4 Å². The van der Waals surface area contributed by atoms with Crippen molar-refractivity contribution < 1.29 is 54.6 Å². The first kappa shape index (κ1) is 35.8. The molecule has 0 radical (unpaired) electrons. The molecule has 1 heterocycles. The minimum absolute atomic E-state index is 0.0798. The van der Waals surface area contributed by atoms with Gasteiger partial charge in [-0.2, -0.15) is 22.0 Å². The van der Waals surface area contributed by atoms with Crippen LogP contribution in [-0.2, 0) is 31.8 Å². The number of hydrogen-bond donors (Lipinski definition) is 1. The van der Waals surface area contributed by atoms with E-state index in [-0.39, 0.29) is 16.8 Å². The van der Waals surface area contributed by atoms with E-state index in [0.29, 0.717) is 6.07 Å². The fourth-order valence-corrected chi connectivity index (χ4v) is 3.69. The van der Waals surface area contributed by atoms with Gasteiger partial charge >= 0.3 is 12.1 Å². The average molecular weight is 635 g/mol. The first-order valence-corrected chi connectivity index (χ1v) is 13.1. The Morgan fingerprint density at radius 3 is 2.07 bits per heavy atom. The van der Waals surface area contributed by atoms with Crippen LogP contribution in [0.5, 0.6) is 5.75 Å². The van der Waals surface area contributed by atoms with E-state index in [2.05, 4.69) is 10.1 Å². The van der Waals surface area contributed by atoms with E-state index in [4.69, 9.17) is 4.74 Å². The quantitative estimate of drug-likeness (QED) is 0.190. The summed E-state index contributed by atoms with van der Waals surface area (Å²) in [6, 6.07) is 1.90. The van der Waals surface area contributed by atoms with Crippen LogP contribution >= 0.6 is 0 Å². The molecule has 3 rings (SSSR count). The highest BCUT2D eigenvalue weighted by atomic mass is 19.4. The van der Waals surface area contributed by atoms with Gasteiger partial charge in [0, 0.05) is 17.6 Å². The third-order valence-electron chi connectivity index (χ3n) is 5.56. The van der Waals surface area contributed by atoms with Crippen LogP contribution in [-0.4, -0.2) is 40.5 Å². The number of carbonyl (C=O) groups is 3. The van der Waals surface area contributed by atoms with Crippen LogP contribution in [0.2, 0.25) is 0 Å². The predicted molar refractivity (Wildman–Crippen MR) is 144 cm³/mol. The molecule has 1 amide bonds. The maximum absolute atomic E-state index is 13.9. The van der Waals surface area contributed by atoms with Crippen molar-refractivity contribution in [1.82, 2.24) is 9.88 Å². The Bertz CT molecular complexity index is 1570. The van der Waals surface area contributed by atoms with Gasteiger partial charge in [0.2, 0.25) is 17.5 Å². The fraction of sp³-hybridized carbons (Fsp3) is 0.379. The van der Waals surface area contributed by atoms with Crippen LogP contribution in [0.1, 0.15) is 46.6 Å². The number of aromatic nitrogens is 1.